The van der Waals surface area contributed by atoms with Gasteiger partial charge in [-0.2, -0.15) is 0 Å². The van der Waals surface area contributed by atoms with Gasteiger partial charge in [-0.1, -0.05) is 13.3 Å². The van der Waals surface area contributed by atoms with Gasteiger partial charge in [-0.25, -0.2) is 4.98 Å². The van der Waals surface area contributed by atoms with Crippen molar-refractivity contribution in [3.8, 4) is 0 Å². The van der Waals surface area contributed by atoms with Crippen LogP contribution in [0, 0.1) is 0 Å². The van der Waals surface area contributed by atoms with Crippen molar-refractivity contribution in [1.82, 2.24) is 15.6 Å². The van der Waals surface area contributed by atoms with Gasteiger partial charge in [0.2, 0.25) is 5.91 Å². The Morgan fingerprint density at radius 1 is 1.24 bits per heavy atom. The Morgan fingerprint density at radius 3 is 2.48 bits per heavy atom. The lowest BCUT2D eigenvalue weighted by molar-refractivity contribution is -0.123. The summed E-state index contributed by atoms with van der Waals surface area (Å²) in [5, 5.41) is 5.42. The van der Waals surface area contributed by atoms with Crippen LogP contribution in [0.4, 0.5) is 5.82 Å². The molecule has 0 radical (unpaired) electrons. The summed E-state index contributed by atoms with van der Waals surface area (Å²) in [6.45, 7) is 7.41. The van der Waals surface area contributed by atoms with Gasteiger partial charge in [0.15, 0.2) is 0 Å². The van der Waals surface area contributed by atoms with E-state index in [1.54, 1.807) is 13.0 Å². The molecule has 1 rings (SSSR count). The molecule has 0 spiro atoms. The molecule has 0 aromatic carbocycles. The summed E-state index contributed by atoms with van der Waals surface area (Å²) in [7, 11) is 0. The average molecular weight is 292 g/mol. The van der Waals surface area contributed by atoms with Crippen LogP contribution in [0.3, 0.4) is 0 Å². The molecule has 1 aromatic heterocycles. The number of aromatic nitrogens is 1. The number of nitrogen functional groups attached to an aromatic ring is 1. The number of rotatable bonds is 6. The van der Waals surface area contributed by atoms with E-state index in [0.29, 0.717) is 11.4 Å². The van der Waals surface area contributed by atoms with Gasteiger partial charge < -0.3 is 16.4 Å². The van der Waals surface area contributed by atoms with Crippen molar-refractivity contribution in [3.05, 3.63) is 23.4 Å². The maximum Gasteiger partial charge on any atom is 0.252 e. The third-order valence-electron chi connectivity index (χ3n) is 2.84. The van der Waals surface area contributed by atoms with Crippen LogP contribution in [0.25, 0.3) is 0 Å². The molecule has 0 bridgehead atoms. The van der Waals surface area contributed by atoms with Gasteiger partial charge in [0.1, 0.15) is 11.9 Å². The van der Waals surface area contributed by atoms with E-state index in [2.05, 4.69) is 15.6 Å². The van der Waals surface area contributed by atoms with Crippen LogP contribution >= 0.6 is 0 Å². The zero-order chi connectivity index (χ0) is 16.0. The monoisotopic (exact) mass is 292 g/mol. The fourth-order valence-electron chi connectivity index (χ4n) is 1.88. The number of carbonyl (C=O) groups is 2. The van der Waals surface area contributed by atoms with Crippen molar-refractivity contribution in [3.63, 3.8) is 0 Å². The van der Waals surface area contributed by atoms with E-state index in [1.807, 2.05) is 20.8 Å². The first-order valence-corrected chi connectivity index (χ1v) is 7.21. The average Bonchev–Trinajstić information content (AvgIpc) is 2.37. The number of nitrogens with one attached hydrogen (secondary N) is 2. The summed E-state index contributed by atoms with van der Waals surface area (Å²) in [5.41, 5.74) is 6.92. The number of nitrogens with zero attached hydrogens (tertiary/aromatic N) is 1. The smallest absolute Gasteiger partial charge is 0.252 e. The van der Waals surface area contributed by atoms with Crippen LogP contribution < -0.4 is 16.4 Å². The number of amides is 2. The van der Waals surface area contributed by atoms with Gasteiger partial charge in [0, 0.05) is 17.3 Å². The van der Waals surface area contributed by atoms with Gasteiger partial charge in [0.25, 0.3) is 5.91 Å². The highest BCUT2D eigenvalue weighted by atomic mass is 16.2. The van der Waals surface area contributed by atoms with Crippen LogP contribution in [-0.2, 0) is 11.2 Å². The minimum absolute atomic E-state index is 0.0320. The Hall–Kier alpha value is -2.11. The fraction of sp³-hybridized carbons (Fsp3) is 0.533. The third-order valence-corrected chi connectivity index (χ3v) is 2.84. The Labute approximate surface area is 125 Å². The minimum atomic E-state index is -0.607. The molecule has 0 saturated heterocycles. The molecule has 4 N–H and O–H groups in total. The summed E-state index contributed by atoms with van der Waals surface area (Å²) in [5.74, 6) is -0.229. The van der Waals surface area contributed by atoms with Crippen molar-refractivity contribution in [2.45, 2.75) is 52.6 Å². The maximum absolute atomic E-state index is 12.2. The van der Waals surface area contributed by atoms with Crippen molar-refractivity contribution in [2.24, 2.45) is 0 Å². The molecule has 0 aliphatic carbocycles. The Morgan fingerprint density at radius 2 is 1.90 bits per heavy atom. The van der Waals surface area contributed by atoms with Crippen LogP contribution in [-0.4, -0.2) is 28.9 Å². The molecule has 21 heavy (non-hydrogen) atoms. The van der Waals surface area contributed by atoms with Gasteiger partial charge >= 0.3 is 0 Å². The first-order chi connectivity index (χ1) is 9.83. The van der Waals surface area contributed by atoms with Crippen LogP contribution in [0.2, 0.25) is 0 Å². The van der Waals surface area contributed by atoms with Gasteiger partial charge in [-0.05, 0) is 39.3 Å². The number of aryl methyl sites for hydroxylation is 1. The number of anilines is 1. The van der Waals surface area contributed by atoms with E-state index in [1.165, 1.54) is 6.07 Å². The molecular weight excluding hydrogens is 268 g/mol. The number of nitrogens with two attached hydrogens (primary N) is 1. The summed E-state index contributed by atoms with van der Waals surface area (Å²) in [6, 6.07) is 2.65. The topological polar surface area (TPSA) is 97.1 Å². The number of pyridine rings is 1. The maximum atomic E-state index is 12.2. The summed E-state index contributed by atoms with van der Waals surface area (Å²) in [4.78, 5) is 28.2. The predicted molar refractivity (Wildman–Crippen MR) is 82.9 cm³/mol. The first-order valence-electron chi connectivity index (χ1n) is 7.21. The van der Waals surface area contributed by atoms with E-state index in [0.717, 1.165) is 18.5 Å². The molecule has 2 amide bonds. The highest BCUT2D eigenvalue weighted by Crippen LogP contribution is 2.10. The van der Waals surface area contributed by atoms with Crippen molar-refractivity contribution < 1.29 is 9.59 Å². The Balaban J connectivity index is 2.77. The minimum Gasteiger partial charge on any atom is -0.384 e. The molecule has 0 aliphatic heterocycles. The number of hydrogen-bond donors (Lipinski definition) is 3. The predicted octanol–water partition coefficient (Wildman–Crippen LogP) is 1.26. The lowest BCUT2D eigenvalue weighted by atomic mass is 10.1. The van der Waals surface area contributed by atoms with E-state index < -0.39 is 6.04 Å². The summed E-state index contributed by atoms with van der Waals surface area (Å²) < 4.78 is 0. The standard InChI is InChI=1S/C15H24N4O2/c1-5-6-12-7-11(8-13(16)19-12)15(21)18-10(4)14(20)17-9(2)3/h7-10H,5-6H2,1-4H3,(H2,16,19)(H,17,20)(H,18,21). The highest BCUT2D eigenvalue weighted by molar-refractivity contribution is 5.98. The van der Waals surface area contributed by atoms with E-state index in [9.17, 15) is 9.59 Å². The van der Waals surface area contributed by atoms with Gasteiger partial charge in [-0.15, -0.1) is 0 Å². The lowest BCUT2D eigenvalue weighted by Crippen LogP contribution is -2.46. The van der Waals surface area contributed by atoms with E-state index in [-0.39, 0.29) is 17.9 Å². The highest BCUT2D eigenvalue weighted by Gasteiger charge is 2.17. The second-order valence-corrected chi connectivity index (χ2v) is 5.38. The number of hydrogen-bond acceptors (Lipinski definition) is 4. The van der Waals surface area contributed by atoms with E-state index >= 15 is 0 Å². The van der Waals surface area contributed by atoms with Crippen LogP contribution in [0.15, 0.2) is 12.1 Å². The first kappa shape index (κ1) is 16.9. The molecule has 6 heteroatoms. The molecule has 1 heterocycles. The van der Waals surface area contributed by atoms with E-state index in [4.69, 9.17) is 5.73 Å². The molecular formula is C15H24N4O2. The van der Waals surface area contributed by atoms with Crippen molar-refractivity contribution in [1.29, 1.82) is 0 Å². The van der Waals surface area contributed by atoms with Crippen LogP contribution in [0.1, 0.15) is 50.2 Å². The van der Waals surface area contributed by atoms with Gasteiger partial charge in [0.05, 0.1) is 0 Å². The second kappa shape index (κ2) is 7.61. The molecule has 6 nitrogen and oxygen atoms in total. The van der Waals surface area contributed by atoms with Crippen molar-refractivity contribution in [2.75, 3.05) is 5.73 Å². The largest absolute Gasteiger partial charge is 0.384 e. The summed E-state index contributed by atoms with van der Waals surface area (Å²) in [6.07, 6.45) is 1.68. The zero-order valence-electron chi connectivity index (χ0n) is 13.1. The Kier molecular flexibility index (Phi) is 6.14. The molecule has 1 aromatic rings. The SMILES string of the molecule is CCCc1cc(C(=O)NC(C)C(=O)NC(C)C)cc(N)n1. The quantitative estimate of drug-likeness (QED) is 0.735. The van der Waals surface area contributed by atoms with Gasteiger partial charge in [-0.3, -0.25) is 9.59 Å². The molecule has 0 saturated carbocycles. The van der Waals surface area contributed by atoms with Crippen LogP contribution in [0.5, 0.6) is 0 Å². The molecule has 0 aliphatic rings. The third kappa shape index (κ3) is 5.41. The number of carbonyl (C=O) groups excluding carboxylic acids is 2. The molecule has 1 atom stereocenters. The fourth-order valence-corrected chi connectivity index (χ4v) is 1.88. The molecule has 0 fully saturated rings. The molecule has 116 valence electrons. The Bertz CT molecular complexity index is 514. The normalized spacial score (nSPS) is 12.0. The zero-order valence-corrected chi connectivity index (χ0v) is 13.1. The molecule has 1 unspecified atom stereocenters. The van der Waals surface area contributed by atoms with Crippen molar-refractivity contribution >= 4 is 17.6 Å². The second-order valence-electron chi connectivity index (χ2n) is 5.38. The lowest BCUT2D eigenvalue weighted by Gasteiger charge is -2.16. The summed E-state index contributed by atoms with van der Waals surface area (Å²) >= 11 is 0.